The van der Waals surface area contributed by atoms with Crippen LogP contribution in [0.15, 0.2) is 140 Å². The largest absolute Gasteiger partial charge is 0.311 e. The standard InChI is InChI=1S/C34H23BN2/c1-3-14-25(15-4-1)36-30-21-11-9-19-28(30)35-29-20-10-12-22-31(29)37(26-16-5-2-6-17-26)34-27-18-8-7-13-24(27)23-32(36)33(34)35/h1-23H. The monoisotopic (exact) mass is 470 g/mol. The van der Waals surface area contributed by atoms with E-state index < -0.39 is 0 Å². The highest BCUT2D eigenvalue weighted by atomic mass is 15.2. The van der Waals surface area contributed by atoms with Crippen LogP contribution < -0.4 is 26.2 Å². The average Bonchev–Trinajstić information content (AvgIpc) is 2.97. The first-order valence-corrected chi connectivity index (χ1v) is 12.8. The lowest BCUT2D eigenvalue weighted by atomic mass is 9.33. The number of para-hydroxylation sites is 4. The Balaban J connectivity index is 1.56. The lowest BCUT2D eigenvalue weighted by Gasteiger charge is -2.44. The van der Waals surface area contributed by atoms with Gasteiger partial charge in [-0.05, 0) is 64.2 Å². The summed E-state index contributed by atoms with van der Waals surface area (Å²) in [6.07, 6.45) is 0. The second kappa shape index (κ2) is 7.87. The third-order valence-corrected chi connectivity index (χ3v) is 7.80. The van der Waals surface area contributed by atoms with Crippen molar-refractivity contribution in [1.29, 1.82) is 0 Å². The quantitative estimate of drug-likeness (QED) is 0.253. The highest BCUT2D eigenvalue weighted by Gasteiger charge is 2.43. The van der Waals surface area contributed by atoms with E-state index in [4.69, 9.17) is 0 Å². The second-order valence-electron chi connectivity index (χ2n) is 9.77. The zero-order chi connectivity index (χ0) is 24.3. The van der Waals surface area contributed by atoms with Crippen molar-refractivity contribution in [3.05, 3.63) is 140 Å². The van der Waals surface area contributed by atoms with Crippen LogP contribution in [0, 0.1) is 0 Å². The zero-order valence-electron chi connectivity index (χ0n) is 20.3. The Morgan fingerprint density at radius 1 is 0.432 bits per heavy atom. The molecule has 37 heavy (non-hydrogen) atoms. The Labute approximate surface area is 217 Å². The van der Waals surface area contributed by atoms with E-state index in [0.29, 0.717) is 0 Å². The van der Waals surface area contributed by atoms with Crippen LogP contribution in [0.5, 0.6) is 0 Å². The van der Waals surface area contributed by atoms with E-state index in [9.17, 15) is 0 Å². The first kappa shape index (κ1) is 20.4. The van der Waals surface area contributed by atoms with Crippen LogP contribution in [0.1, 0.15) is 0 Å². The molecule has 2 aliphatic heterocycles. The average molecular weight is 470 g/mol. The molecule has 0 aliphatic carbocycles. The van der Waals surface area contributed by atoms with Gasteiger partial charge in [-0.3, -0.25) is 0 Å². The Morgan fingerprint density at radius 2 is 0.946 bits per heavy atom. The molecule has 0 atom stereocenters. The van der Waals surface area contributed by atoms with Gasteiger partial charge in [-0.2, -0.15) is 0 Å². The van der Waals surface area contributed by atoms with E-state index in [1.807, 2.05) is 0 Å². The van der Waals surface area contributed by atoms with Crippen molar-refractivity contribution in [2.75, 3.05) is 9.80 Å². The van der Waals surface area contributed by atoms with Crippen LogP contribution in [0.2, 0.25) is 0 Å². The van der Waals surface area contributed by atoms with Gasteiger partial charge in [-0.1, -0.05) is 97.1 Å². The molecule has 0 saturated heterocycles. The van der Waals surface area contributed by atoms with Crippen molar-refractivity contribution < 1.29 is 0 Å². The first-order chi connectivity index (χ1) is 18.4. The van der Waals surface area contributed by atoms with Crippen molar-refractivity contribution in [1.82, 2.24) is 0 Å². The molecule has 0 saturated carbocycles. The molecular weight excluding hydrogens is 447 g/mol. The van der Waals surface area contributed by atoms with Gasteiger partial charge in [0.2, 0.25) is 0 Å². The Kier molecular flexibility index (Phi) is 4.35. The SMILES string of the molecule is c1ccc(N2c3ccccc3B3c4ccccc4N(c4ccccc4)c4c3c2cc2ccccc42)cc1. The van der Waals surface area contributed by atoms with Gasteiger partial charge in [0.1, 0.15) is 0 Å². The maximum atomic E-state index is 2.48. The van der Waals surface area contributed by atoms with Gasteiger partial charge in [-0.25, -0.2) is 0 Å². The van der Waals surface area contributed by atoms with Crippen molar-refractivity contribution >= 4 is 68.0 Å². The van der Waals surface area contributed by atoms with E-state index >= 15 is 0 Å². The van der Waals surface area contributed by atoms with E-state index in [1.165, 1.54) is 61.3 Å². The summed E-state index contributed by atoms with van der Waals surface area (Å²) in [4.78, 5) is 4.93. The normalized spacial score (nSPS) is 13.2. The third-order valence-electron chi connectivity index (χ3n) is 7.80. The van der Waals surface area contributed by atoms with E-state index in [1.54, 1.807) is 0 Å². The molecule has 0 fully saturated rings. The zero-order valence-corrected chi connectivity index (χ0v) is 20.3. The fourth-order valence-electron chi connectivity index (χ4n) is 6.34. The highest BCUT2D eigenvalue weighted by Crippen LogP contribution is 2.46. The summed E-state index contributed by atoms with van der Waals surface area (Å²) in [6, 6.07) is 50.6. The van der Waals surface area contributed by atoms with E-state index in [2.05, 4.69) is 149 Å². The molecule has 0 amide bonds. The van der Waals surface area contributed by atoms with Crippen molar-refractivity contribution in [2.24, 2.45) is 0 Å². The summed E-state index contributed by atoms with van der Waals surface area (Å²) in [5.41, 5.74) is 11.4. The number of hydrogen-bond donors (Lipinski definition) is 0. The number of rotatable bonds is 2. The molecule has 0 aromatic heterocycles. The first-order valence-electron chi connectivity index (χ1n) is 12.8. The van der Waals surface area contributed by atoms with Gasteiger partial charge in [-0.15, -0.1) is 0 Å². The third kappa shape index (κ3) is 2.88. The van der Waals surface area contributed by atoms with Crippen molar-refractivity contribution in [2.45, 2.75) is 0 Å². The molecule has 2 aliphatic rings. The predicted molar refractivity (Wildman–Crippen MR) is 158 cm³/mol. The number of nitrogens with zero attached hydrogens (tertiary/aromatic N) is 2. The molecule has 3 heteroatoms. The number of hydrogen-bond acceptors (Lipinski definition) is 2. The second-order valence-corrected chi connectivity index (χ2v) is 9.77. The molecule has 172 valence electrons. The minimum atomic E-state index is 0.155. The fourth-order valence-corrected chi connectivity index (χ4v) is 6.34. The van der Waals surface area contributed by atoms with Gasteiger partial charge < -0.3 is 9.80 Å². The molecule has 0 bridgehead atoms. The molecule has 0 spiro atoms. The Bertz CT molecular complexity index is 1790. The van der Waals surface area contributed by atoms with Gasteiger partial charge >= 0.3 is 0 Å². The van der Waals surface area contributed by atoms with Crippen molar-refractivity contribution in [3.63, 3.8) is 0 Å². The molecule has 8 rings (SSSR count). The number of fused-ring (bicyclic) bond motifs is 6. The summed E-state index contributed by atoms with van der Waals surface area (Å²) >= 11 is 0. The van der Waals surface area contributed by atoms with E-state index in [-0.39, 0.29) is 6.71 Å². The minimum absolute atomic E-state index is 0.155. The Hall–Kier alpha value is -4.76. The Morgan fingerprint density at radius 3 is 1.62 bits per heavy atom. The van der Waals surface area contributed by atoms with Gasteiger partial charge in [0.05, 0.1) is 5.69 Å². The van der Waals surface area contributed by atoms with Crippen molar-refractivity contribution in [3.8, 4) is 0 Å². The highest BCUT2D eigenvalue weighted by molar-refractivity contribution is 7.00. The van der Waals surface area contributed by atoms with Gasteiger partial charge in [0, 0.05) is 33.8 Å². The summed E-state index contributed by atoms with van der Waals surface area (Å²) in [5, 5.41) is 2.52. The van der Waals surface area contributed by atoms with Crippen LogP contribution in [-0.2, 0) is 0 Å². The summed E-state index contributed by atoms with van der Waals surface area (Å²) in [6.45, 7) is 0.155. The number of anilines is 6. The minimum Gasteiger partial charge on any atom is -0.311 e. The lowest BCUT2D eigenvalue weighted by molar-refractivity contribution is 1.26. The molecule has 0 N–H and O–H groups in total. The molecule has 0 radical (unpaired) electrons. The lowest BCUT2D eigenvalue weighted by Crippen LogP contribution is -2.61. The predicted octanol–water partition coefficient (Wildman–Crippen LogP) is 6.92. The van der Waals surface area contributed by atoms with Crippen LogP contribution in [0.3, 0.4) is 0 Å². The summed E-state index contributed by atoms with van der Waals surface area (Å²) in [7, 11) is 0. The summed E-state index contributed by atoms with van der Waals surface area (Å²) in [5.74, 6) is 0. The van der Waals surface area contributed by atoms with Gasteiger partial charge in [0.15, 0.2) is 0 Å². The maximum Gasteiger partial charge on any atom is 0.252 e. The molecule has 2 nitrogen and oxygen atoms in total. The molecular formula is C34H23BN2. The smallest absolute Gasteiger partial charge is 0.252 e. The van der Waals surface area contributed by atoms with Crippen LogP contribution in [0.25, 0.3) is 10.8 Å². The molecule has 6 aromatic rings. The van der Waals surface area contributed by atoms with Gasteiger partial charge in [0.25, 0.3) is 6.71 Å². The molecule has 2 heterocycles. The topological polar surface area (TPSA) is 6.48 Å². The maximum absolute atomic E-state index is 2.48. The van der Waals surface area contributed by atoms with Crippen LogP contribution in [-0.4, -0.2) is 6.71 Å². The molecule has 0 unspecified atom stereocenters. The van der Waals surface area contributed by atoms with Crippen LogP contribution in [0.4, 0.5) is 34.1 Å². The molecule has 6 aromatic carbocycles. The summed E-state index contributed by atoms with van der Waals surface area (Å²) < 4.78 is 0. The fraction of sp³-hybridized carbons (Fsp3) is 0. The number of benzene rings is 6. The van der Waals surface area contributed by atoms with Crippen LogP contribution >= 0.6 is 0 Å². The van der Waals surface area contributed by atoms with E-state index in [0.717, 1.165) is 0 Å².